The van der Waals surface area contributed by atoms with Crippen molar-refractivity contribution >= 4 is 23.0 Å². The lowest BCUT2D eigenvalue weighted by Crippen LogP contribution is -2.20. The van der Waals surface area contributed by atoms with Crippen LogP contribution in [0.4, 0.5) is 18.9 Å². The number of anilines is 1. The van der Waals surface area contributed by atoms with E-state index in [0.717, 1.165) is 6.92 Å². The maximum absolute atomic E-state index is 13.6. The minimum Gasteiger partial charge on any atom is -0.593 e. The molecule has 1 heterocycles. The Labute approximate surface area is 202 Å². The van der Waals surface area contributed by atoms with E-state index in [1.807, 2.05) is 6.07 Å². The van der Waals surface area contributed by atoms with Gasteiger partial charge in [0, 0.05) is 31.1 Å². The number of aromatic nitrogens is 1. The maximum Gasteiger partial charge on any atom is 0.418 e. The van der Waals surface area contributed by atoms with E-state index < -0.39 is 46.0 Å². The highest BCUT2D eigenvalue weighted by Crippen LogP contribution is 2.38. The summed E-state index contributed by atoms with van der Waals surface area (Å²) in [6, 6.07) is 12.1. The lowest BCUT2D eigenvalue weighted by Gasteiger charge is -2.18. The van der Waals surface area contributed by atoms with E-state index in [-0.39, 0.29) is 22.7 Å². The highest BCUT2D eigenvalue weighted by molar-refractivity contribution is 7.89. The lowest BCUT2D eigenvalue weighted by molar-refractivity contribution is -0.138. The van der Waals surface area contributed by atoms with Crippen molar-refractivity contribution in [1.29, 1.82) is 5.26 Å². The average Bonchev–Trinajstić information content (AvgIpc) is 2.83. The third kappa shape index (κ3) is 5.83. The summed E-state index contributed by atoms with van der Waals surface area (Å²) in [4.78, 5) is 17.3. The first-order chi connectivity index (χ1) is 16.6. The monoisotopic (exact) mass is 504 g/mol. The number of methoxy groups -OCH3 is 1. The molecule has 0 radical (unpaired) electrons. The Morgan fingerprint density at radius 3 is 2.57 bits per heavy atom. The SMILES string of the molecule is CN[S@+]([O-])c1cccc(NC(=O)c2c(Oc3ccc(C#N)cc3OC)ncc(C(F)(F)F)c2C)c1. The number of amides is 1. The maximum atomic E-state index is 13.6. The molecule has 2 N–H and O–H groups in total. The highest BCUT2D eigenvalue weighted by Gasteiger charge is 2.36. The fourth-order valence-electron chi connectivity index (χ4n) is 3.14. The van der Waals surface area contributed by atoms with Gasteiger partial charge in [-0.05, 0) is 36.8 Å². The van der Waals surface area contributed by atoms with Gasteiger partial charge in [0.15, 0.2) is 16.4 Å². The Kier molecular flexibility index (Phi) is 7.85. The summed E-state index contributed by atoms with van der Waals surface area (Å²) in [6.45, 7) is 1.13. The molecule has 0 aliphatic heterocycles. The van der Waals surface area contributed by atoms with Crippen LogP contribution in [0.1, 0.15) is 27.0 Å². The minimum absolute atomic E-state index is 0.0404. The van der Waals surface area contributed by atoms with Crippen LogP contribution in [0.15, 0.2) is 53.6 Å². The molecule has 0 aliphatic carbocycles. The predicted molar refractivity (Wildman–Crippen MR) is 122 cm³/mol. The number of carbonyl (C=O) groups is 1. The molecule has 1 amide bonds. The van der Waals surface area contributed by atoms with E-state index in [2.05, 4.69) is 15.0 Å². The summed E-state index contributed by atoms with van der Waals surface area (Å²) in [5.41, 5.74) is -1.49. The second-order valence-electron chi connectivity index (χ2n) is 7.01. The number of carbonyl (C=O) groups excluding carboxylic acids is 1. The molecule has 0 saturated heterocycles. The van der Waals surface area contributed by atoms with Gasteiger partial charge in [-0.1, -0.05) is 6.07 Å². The number of rotatable bonds is 7. The Hall–Kier alpha value is -3.79. The van der Waals surface area contributed by atoms with Gasteiger partial charge in [0.2, 0.25) is 5.88 Å². The van der Waals surface area contributed by atoms with Gasteiger partial charge in [0.25, 0.3) is 5.91 Å². The zero-order chi connectivity index (χ0) is 25.8. The van der Waals surface area contributed by atoms with Crippen LogP contribution >= 0.6 is 0 Å². The van der Waals surface area contributed by atoms with Gasteiger partial charge in [-0.2, -0.15) is 18.4 Å². The van der Waals surface area contributed by atoms with Crippen molar-refractivity contribution in [3.8, 4) is 23.4 Å². The molecule has 0 unspecified atom stereocenters. The highest BCUT2D eigenvalue weighted by atomic mass is 32.2. The van der Waals surface area contributed by atoms with E-state index in [0.29, 0.717) is 11.1 Å². The van der Waals surface area contributed by atoms with Crippen molar-refractivity contribution < 1.29 is 32.0 Å². The van der Waals surface area contributed by atoms with Gasteiger partial charge >= 0.3 is 6.18 Å². The standard InChI is InChI=1S/C23H19F3N4O4S/c1-13-17(23(24,25)26)12-29-22(34-18-8-7-14(11-27)9-19(18)33-3)20(13)21(31)30-15-5-4-6-16(10-15)35(32)28-2/h4-10,12,28H,1-3H3,(H,30,31)/t35-/m1/s1. The van der Waals surface area contributed by atoms with Gasteiger partial charge in [-0.25, -0.2) is 4.98 Å². The number of ether oxygens (including phenoxy) is 2. The molecule has 8 nitrogen and oxygen atoms in total. The molecule has 35 heavy (non-hydrogen) atoms. The van der Waals surface area contributed by atoms with E-state index in [4.69, 9.17) is 14.7 Å². The molecular weight excluding hydrogens is 485 g/mol. The van der Waals surface area contributed by atoms with Crippen LogP contribution in [-0.4, -0.2) is 29.6 Å². The van der Waals surface area contributed by atoms with E-state index in [1.165, 1.54) is 50.6 Å². The summed E-state index contributed by atoms with van der Waals surface area (Å²) in [5, 5.41) is 11.6. The average molecular weight is 504 g/mol. The molecule has 0 fully saturated rings. The van der Waals surface area contributed by atoms with Gasteiger partial charge in [0.1, 0.15) is 5.56 Å². The number of hydrogen-bond donors (Lipinski definition) is 2. The molecular formula is C23H19F3N4O4S. The molecule has 0 spiro atoms. The Balaban J connectivity index is 2.07. The van der Waals surface area contributed by atoms with Crippen LogP contribution in [0.3, 0.4) is 0 Å². The quantitative estimate of drug-likeness (QED) is 0.452. The largest absolute Gasteiger partial charge is 0.593 e. The number of nitrogens with one attached hydrogen (secondary N) is 2. The third-order valence-electron chi connectivity index (χ3n) is 4.83. The molecule has 1 atom stereocenters. The van der Waals surface area contributed by atoms with Crippen molar-refractivity contribution in [3.63, 3.8) is 0 Å². The molecule has 182 valence electrons. The summed E-state index contributed by atoms with van der Waals surface area (Å²) >= 11 is -1.54. The Bertz CT molecular complexity index is 1290. The number of alkyl halides is 3. The number of hydrogen-bond acceptors (Lipinski definition) is 7. The van der Waals surface area contributed by atoms with Crippen molar-refractivity contribution in [3.05, 3.63) is 70.9 Å². The number of nitriles is 1. The molecule has 3 aromatic rings. The first-order valence-electron chi connectivity index (χ1n) is 9.92. The molecule has 0 saturated carbocycles. The van der Waals surface area contributed by atoms with Crippen LogP contribution in [-0.2, 0) is 17.5 Å². The fourth-order valence-corrected chi connectivity index (χ4v) is 3.81. The van der Waals surface area contributed by atoms with Crippen molar-refractivity contribution in [2.75, 3.05) is 19.5 Å². The normalized spacial score (nSPS) is 11.9. The summed E-state index contributed by atoms with van der Waals surface area (Å²) < 4.78 is 66.1. The zero-order valence-electron chi connectivity index (χ0n) is 18.7. The fraction of sp³-hybridized carbons (Fsp3) is 0.174. The van der Waals surface area contributed by atoms with Gasteiger partial charge in [0.05, 0.1) is 35.7 Å². The van der Waals surface area contributed by atoms with Crippen LogP contribution in [0, 0.1) is 18.3 Å². The van der Waals surface area contributed by atoms with Crippen molar-refractivity contribution in [1.82, 2.24) is 9.71 Å². The van der Waals surface area contributed by atoms with E-state index in [1.54, 1.807) is 6.07 Å². The smallest absolute Gasteiger partial charge is 0.418 e. The topological polar surface area (TPSA) is 119 Å². The third-order valence-corrected chi connectivity index (χ3v) is 5.88. The van der Waals surface area contributed by atoms with Crippen LogP contribution in [0.5, 0.6) is 17.4 Å². The van der Waals surface area contributed by atoms with E-state index >= 15 is 0 Å². The summed E-state index contributed by atoms with van der Waals surface area (Å²) in [6.07, 6.45) is -4.19. The van der Waals surface area contributed by atoms with Crippen molar-refractivity contribution in [2.24, 2.45) is 0 Å². The van der Waals surface area contributed by atoms with Crippen LogP contribution < -0.4 is 19.5 Å². The number of halogens is 3. The second kappa shape index (κ2) is 10.6. The van der Waals surface area contributed by atoms with Crippen LogP contribution in [0.25, 0.3) is 0 Å². The Morgan fingerprint density at radius 1 is 1.20 bits per heavy atom. The Morgan fingerprint density at radius 2 is 1.94 bits per heavy atom. The lowest BCUT2D eigenvalue weighted by atomic mass is 10.0. The zero-order valence-corrected chi connectivity index (χ0v) is 19.5. The number of pyridine rings is 1. The molecule has 3 rings (SSSR count). The first kappa shape index (κ1) is 25.8. The molecule has 0 bridgehead atoms. The van der Waals surface area contributed by atoms with Crippen LogP contribution in [0.2, 0.25) is 0 Å². The minimum atomic E-state index is -4.76. The van der Waals surface area contributed by atoms with E-state index in [9.17, 15) is 22.5 Å². The number of nitrogens with zero attached hydrogens (tertiary/aromatic N) is 2. The van der Waals surface area contributed by atoms with Gasteiger partial charge in [-0.3, -0.25) is 4.79 Å². The van der Waals surface area contributed by atoms with Crippen molar-refractivity contribution in [2.45, 2.75) is 18.0 Å². The molecule has 1 aromatic heterocycles. The van der Waals surface area contributed by atoms with Gasteiger partial charge in [-0.15, -0.1) is 4.72 Å². The summed E-state index contributed by atoms with van der Waals surface area (Å²) in [7, 11) is 2.81. The molecule has 12 heteroatoms. The molecule has 0 aliphatic rings. The predicted octanol–water partition coefficient (Wildman–Crippen LogP) is 4.58. The second-order valence-corrected chi connectivity index (χ2v) is 8.43. The first-order valence-corrected chi connectivity index (χ1v) is 11.1. The van der Waals surface area contributed by atoms with Gasteiger partial charge < -0.3 is 19.3 Å². The molecule has 2 aromatic carbocycles. The number of benzene rings is 2. The summed E-state index contributed by atoms with van der Waals surface area (Å²) in [5.74, 6) is -1.15.